The van der Waals surface area contributed by atoms with Gasteiger partial charge in [-0.25, -0.2) is 18.2 Å². The van der Waals surface area contributed by atoms with Crippen molar-refractivity contribution in [3.63, 3.8) is 0 Å². The van der Waals surface area contributed by atoms with Crippen molar-refractivity contribution < 1.29 is 17.9 Å². The van der Waals surface area contributed by atoms with Gasteiger partial charge in [-0.2, -0.15) is 4.98 Å². The van der Waals surface area contributed by atoms with Gasteiger partial charge in [0.15, 0.2) is 5.82 Å². The zero-order chi connectivity index (χ0) is 16.6. The molecular formula is C15H11BrF3N3O. The highest BCUT2D eigenvalue weighted by Crippen LogP contribution is 2.28. The van der Waals surface area contributed by atoms with E-state index in [1.165, 1.54) is 17.9 Å². The molecule has 8 heteroatoms. The van der Waals surface area contributed by atoms with Crippen LogP contribution < -0.4 is 4.74 Å². The number of hydrogen-bond acceptors (Lipinski definition) is 3. The molecule has 0 bridgehead atoms. The van der Waals surface area contributed by atoms with Crippen LogP contribution >= 0.6 is 15.9 Å². The van der Waals surface area contributed by atoms with E-state index < -0.39 is 18.7 Å². The summed E-state index contributed by atoms with van der Waals surface area (Å²) in [6, 6.07) is 5.07. The molecule has 0 amide bonds. The molecule has 0 saturated carbocycles. The number of ether oxygens (including phenoxy) is 1. The maximum Gasteiger partial charge on any atom is 0.242 e. The Kier molecular flexibility index (Phi) is 4.25. The van der Waals surface area contributed by atoms with E-state index >= 15 is 0 Å². The van der Waals surface area contributed by atoms with Crippen molar-refractivity contribution in [3.8, 4) is 11.8 Å². The van der Waals surface area contributed by atoms with Crippen LogP contribution in [0.25, 0.3) is 16.9 Å². The predicted octanol–water partition coefficient (Wildman–Crippen LogP) is 4.14. The number of benzene rings is 1. The van der Waals surface area contributed by atoms with Crippen molar-refractivity contribution in [3.05, 3.63) is 46.4 Å². The summed E-state index contributed by atoms with van der Waals surface area (Å²) in [6.07, 6.45) is -0.147. The van der Waals surface area contributed by atoms with Crippen molar-refractivity contribution in [1.82, 2.24) is 14.5 Å². The molecule has 23 heavy (non-hydrogen) atoms. The Morgan fingerprint density at radius 3 is 2.78 bits per heavy atom. The molecule has 0 spiro atoms. The Morgan fingerprint density at radius 2 is 2.09 bits per heavy atom. The maximum absolute atomic E-state index is 14.4. The Balaban J connectivity index is 2.14. The number of nitrogens with zero attached hydrogens (tertiary/aromatic N) is 3. The lowest BCUT2D eigenvalue weighted by molar-refractivity contribution is 0.147. The highest BCUT2D eigenvalue weighted by atomic mass is 79.9. The van der Waals surface area contributed by atoms with Crippen LogP contribution in [-0.2, 0) is 6.42 Å². The molecule has 0 aliphatic carbocycles. The Hall–Kier alpha value is -2.09. The molecule has 4 nitrogen and oxygen atoms in total. The average molecular weight is 386 g/mol. The number of rotatable bonds is 4. The van der Waals surface area contributed by atoms with E-state index in [4.69, 9.17) is 4.74 Å². The number of methoxy groups -OCH3 is 1. The maximum atomic E-state index is 14.4. The topological polar surface area (TPSA) is 39.9 Å². The molecule has 0 N–H and O–H groups in total. The lowest BCUT2D eigenvalue weighted by Crippen LogP contribution is -2.07. The monoisotopic (exact) mass is 385 g/mol. The Morgan fingerprint density at radius 1 is 1.30 bits per heavy atom. The standard InChI is InChI=1S/C15H11BrF3N3O/c1-23-14-9(6-11(17)18)7-20-15(21-14)22-5-4-8-2-3-10(16)12(19)13(8)22/h2-5,7,11H,6H2,1H3. The highest BCUT2D eigenvalue weighted by Gasteiger charge is 2.16. The number of fused-ring (bicyclic) bond motifs is 1. The van der Waals surface area contributed by atoms with Gasteiger partial charge in [0.05, 0.1) is 17.1 Å². The first-order chi connectivity index (χ1) is 11.0. The van der Waals surface area contributed by atoms with Crippen LogP contribution in [0.5, 0.6) is 5.88 Å². The van der Waals surface area contributed by atoms with E-state index in [2.05, 4.69) is 25.9 Å². The van der Waals surface area contributed by atoms with Gasteiger partial charge in [-0.3, -0.25) is 4.57 Å². The molecule has 2 heterocycles. The van der Waals surface area contributed by atoms with Crippen molar-refractivity contribution in [2.24, 2.45) is 0 Å². The van der Waals surface area contributed by atoms with Crippen LogP contribution in [0.3, 0.4) is 0 Å². The van der Waals surface area contributed by atoms with Crippen LogP contribution in [0, 0.1) is 5.82 Å². The van der Waals surface area contributed by atoms with Crippen LogP contribution in [0.2, 0.25) is 0 Å². The summed E-state index contributed by atoms with van der Waals surface area (Å²) >= 11 is 3.14. The van der Waals surface area contributed by atoms with Crippen LogP contribution in [0.1, 0.15) is 5.56 Å². The van der Waals surface area contributed by atoms with Gasteiger partial charge < -0.3 is 4.74 Å². The van der Waals surface area contributed by atoms with Crippen molar-refractivity contribution in [2.75, 3.05) is 7.11 Å². The zero-order valence-electron chi connectivity index (χ0n) is 11.9. The van der Waals surface area contributed by atoms with E-state index in [-0.39, 0.29) is 17.4 Å². The fraction of sp³-hybridized carbons (Fsp3) is 0.200. The van der Waals surface area contributed by atoms with E-state index in [0.717, 1.165) is 0 Å². The van der Waals surface area contributed by atoms with E-state index in [1.807, 2.05) is 0 Å². The molecule has 1 aromatic carbocycles. The third-order valence-electron chi connectivity index (χ3n) is 3.34. The summed E-state index contributed by atoms with van der Waals surface area (Å²) in [5.41, 5.74) is 0.493. The average Bonchev–Trinajstić information content (AvgIpc) is 2.95. The van der Waals surface area contributed by atoms with Gasteiger partial charge >= 0.3 is 0 Å². The molecule has 0 radical (unpaired) electrons. The number of aromatic nitrogens is 3. The fourth-order valence-corrected chi connectivity index (χ4v) is 2.63. The summed E-state index contributed by atoms with van der Waals surface area (Å²) in [5, 5.41) is 0.671. The molecule has 0 aliphatic heterocycles. The molecule has 0 saturated heterocycles. The van der Waals surface area contributed by atoms with Gasteiger partial charge in [-0.05, 0) is 28.1 Å². The van der Waals surface area contributed by atoms with Gasteiger partial charge in [-0.1, -0.05) is 6.07 Å². The molecular weight excluding hydrogens is 375 g/mol. The van der Waals surface area contributed by atoms with E-state index in [1.54, 1.807) is 24.4 Å². The minimum Gasteiger partial charge on any atom is -0.481 e. The van der Waals surface area contributed by atoms with E-state index in [9.17, 15) is 13.2 Å². The molecule has 2 aromatic heterocycles. The SMILES string of the molecule is COc1nc(-n2ccc3ccc(Br)c(F)c32)ncc1CC(F)F. The second-order valence-corrected chi connectivity index (χ2v) is 5.64. The van der Waals surface area contributed by atoms with Gasteiger partial charge in [-0.15, -0.1) is 0 Å². The molecule has 0 aliphatic rings. The minimum atomic E-state index is -2.53. The van der Waals surface area contributed by atoms with Crippen LogP contribution in [-0.4, -0.2) is 28.1 Å². The summed E-state index contributed by atoms with van der Waals surface area (Å²) in [4.78, 5) is 8.18. The molecule has 3 aromatic rings. The van der Waals surface area contributed by atoms with Crippen LogP contribution in [0.4, 0.5) is 13.2 Å². The number of hydrogen-bond donors (Lipinski definition) is 0. The Labute approximate surface area is 138 Å². The lowest BCUT2D eigenvalue weighted by Gasteiger charge is -2.10. The summed E-state index contributed by atoms with van der Waals surface area (Å²) < 4.78 is 46.3. The lowest BCUT2D eigenvalue weighted by atomic mass is 10.2. The smallest absolute Gasteiger partial charge is 0.242 e. The van der Waals surface area contributed by atoms with E-state index in [0.29, 0.717) is 15.4 Å². The first-order valence-corrected chi connectivity index (χ1v) is 7.44. The third kappa shape index (κ3) is 2.90. The van der Waals surface area contributed by atoms with Crippen LogP contribution in [0.15, 0.2) is 35.1 Å². The van der Waals surface area contributed by atoms with Gasteiger partial charge in [0.25, 0.3) is 0 Å². The second-order valence-electron chi connectivity index (χ2n) is 4.78. The Bertz CT molecular complexity index is 867. The quantitative estimate of drug-likeness (QED) is 0.677. The van der Waals surface area contributed by atoms with Gasteiger partial charge in [0.1, 0.15) is 0 Å². The largest absolute Gasteiger partial charge is 0.481 e. The second kappa shape index (κ2) is 6.19. The zero-order valence-corrected chi connectivity index (χ0v) is 13.5. The molecule has 120 valence electrons. The third-order valence-corrected chi connectivity index (χ3v) is 3.95. The molecule has 0 unspecified atom stereocenters. The predicted molar refractivity (Wildman–Crippen MR) is 82.8 cm³/mol. The molecule has 0 atom stereocenters. The first-order valence-electron chi connectivity index (χ1n) is 6.64. The van der Waals surface area contributed by atoms with Crippen molar-refractivity contribution in [1.29, 1.82) is 0 Å². The number of alkyl halides is 2. The first kappa shape index (κ1) is 15.8. The van der Waals surface area contributed by atoms with Crippen molar-refractivity contribution in [2.45, 2.75) is 12.8 Å². The normalized spacial score (nSPS) is 11.4. The minimum absolute atomic E-state index is 0.0487. The summed E-state index contributed by atoms with van der Waals surface area (Å²) in [7, 11) is 1.34. The number of halogens is 4. The fourth-order valence-electron chi connectivity index (χ4n) is 2.31. The van der Waals surface area contributed by atoms with Gasteiger partial charge in [0, 0.05) is 29.8 Å². The highest BCUT2D eigenvalue weighted by molar-refractivity contribution is 9.10. The summed E-state index contributed by atoms with van der Waals surface area (Å²) in [6.45, 7) is 0. The van der Waals surface area contributed by atoms with Gasteiger partial charge in [0.2, 0.25) is 18.3 Å². The molecule has 0 fully saturated rings. The molecule has 3 rings (SSSR count). The van der Waals surface area contributed by atoms with Crippen molar-refractivity contribution >= 4 is 26.8 Å². The summed E-state index contributed by atoms with van der Waals surface area (Å²) in [5.74, 6) is -0.258.